The van der Waals surface area contributed by atoms with Crippen LogP contribution in [-0.2, 0) is 9.47 Å². The molecule has 5 nitrogen and oxygen atoms in total. The predicted octanol–water partition coefficient (Wildman–Crippen LogP) is 2.44. The highest BCUT2D eigenvalue weighted by Crippen LogP contribution is 2.33. The molecule has 1 rings (SSSR count). The first-order chi connectivity index (χ1) is 8.12. The van der Waals surface area contributed by atoms with Crippen LogP contribution in [0.4, 0.5) is 4.79 Å². The van der Waals surface area contributed by atoms with Gasteiger partial charge >= 0.3 is 6.09 Å². The van der Waals surface area contributed by atoms with E-state index in [9.17, 15) is 10.1 Å². The van der Waals surface area contributed by atoms with Crippen molar-refractivity contribution in [2.75, 3.05) is 0 Å². The molecular weight excluding hydrogens is 232 g/mol. The van der Waals surface area contributed by atoms with Crippen molar-refractivity contribution in [3.05, 3.63) is 12.7 Å². The second-order valence-electron chi connectivity index (χ2n) is 5.69. The summed E-state index contributed by atoms with van der Waals surface area (Å²) in [4.78, 5) is 13.5. The van der Waals surface area contributed by atoms with Gasteiger partial charge in [0.15, 0.2) is 6.04 Å². The van der Waals surface area contributed by atoms with Gasteiger partial charge in [0.2, 0.25) is 0 Å². The second-order valence-corrected chi connectivity index (χ2v) is 5.69. The topological polar surface area (TPSA) is 62.6 Å². The fourth-order valence-electron chi connectivity index (χ4n) is 1.89. The Labute approximate surface area is 108 Å². The minimum Gasteiger partial charge on any atom is -0.444 e. The number of hydrogen-bond donors (Lipinski definition) is 0. The summed E-state index contributed by atoms with van der Waals surface area (Å²) in [6, 6.07) is 1.35. The van der Waals surface area contributed by atoms with Crippen LogP contribution in [0.1, 0.15) is 34.6 Å². The minimum absolute atomic E-state index is 0.502. The van der Waals surface area contributed by atoms with E-state index in [1.54, 1.807) is 34.6 Å². The standard InChI is InChI=1S/C13H20N2O3/c1-7-10-9(8-14)15(13(5,6)17-10)11(16)18-12(2,3)4/h7,9-10H,1H2,2-6H3/t9-,10+/m0/s1. The highest BCUT2D eigenvalue weighted by atomic mass is 16.6. The first-order valence-corrected chi connectivity index (χ1v) is 5.84. The molecule has 0 aliphatic carbocycles. The Bertz CT molecular complexity index is 390. The van der Waals surface area contributed by atoms with Crippen molar-refractivity contribution < 1.29 is 14.3 Å². The number of hydrogen-bond acceptors (Lipinski definition) is 4. The lowest BCUT2D eigenvalue weighted by atomic mass is 10.1. The summed E-state index contributed by atoms with van der Waals surface area (Å²) < 4.78 is 10.9. The summed E-state index contributed by atoms with van der Waals surface area (Å²) in [5.41, 5.74) is -1.50. The van der Waals surface area contributed by atoms with Gasteiger partial charge in [0, 0.05) is 0 Å². The molecule has 0 aromatic rings. The third-order valence-electron chi connectivity index (χ3n) is 2.55. The summed E-state index contributed by atoms with van der Waals surface area (Å²) in [7, 11) is 0. The van der Waals surface area contributed by atoms with Crippen LogP contribution in [0.2, 0.25) is 0 Å². The van der Waals surface area contributed by atoms with Gasteiger partial charge in [-0.3, -0.25) is 4.90 Å². The van der Waals surface area contributed by atoms with Gasteiger partial charge < -0.3 is 9.47 Å². The van der Waals surface area contributed by atoms with Crippen molar-refractivity contribution in [3.8, 4) is 6.07 Å². The van der Waals surface area contributed by atoms with E-state index in [1.165, 1.54) is 11.0 Å². The van der Waals surface area contributed by atoms with E-state index >= 15 is 0 Å². The highest BCUT2D eigenvalue weighted by Gasteiger charge is 2.50. The summed E-state index contributed by atoms with van der Waals surface area (Å²) in [6.45, 7) is 12.4. The molecule has 1 fully saturated rings. The van der Waals surface area contributed by atoms with Gasteiger partial charge in [-0.25, -0.2) is 4.79 Å². The number of carbonyl (C=O) groups is 1. The van der Waals surface area contributed by atoms with Crippen molar-refractivity contribution in [1.82, 2.24) is 4.90 Å². The van der Waals surface area contributed by atoms with Crippen molar-refractivity contribution in [1.29, 1.82) is 5.26 Å². The lowest BCUT2D eigenvalue weighted by Gasteiger charge is -2.33. The lowest BCUT2D eigenvalue weighted by molar-refractivity contribution is -0.0707. The van der Waals surface area contributed by atoms with Crippen molar-refractivity contribution in [2.45, 2.75) is 58.1 Å². The van der Waals surface area contributed by atoms with Crippen LogP contribution < -0.4 is 0 Å². The average molecular weight is 252 g/mol. The van der Waals surface area contributed by atoms with Crippen LogP contribution in [0.15, 0.2) is 12.7 Å². The molecule has 18 heavy (non-hydrogen) atoms. The maximum absolute atomic E-state index is 12.1. The molecule has 2 atom stereocenters. The van der Waals surface area contributed by atoms with Gasteiger partial charge in [-0.05, 0) is 34.6 Å². The Kier molecular flexibility index (Phi) is 3.72. The minimum atomic E-state index is -0.887. The predicted molar refractivity (Wildman–Crippen MR) is 66.6 cm³/mol. The zero-order valence-corrected chi connectivity index (χ0v) is 11.6. The molecule has 1 amide bonds. The molecule has 0 aromatic carbocycles. The summed E-state index contributed by atoms with van der Waals surface area (Å²) >= 11 is 0. The quantitative estimate of drug-likeness (QED) is 0.672. The van der Waals surface area contributed by atoms with E-state index < -0.39 is 29.6 Å². The largest absolute Gasteiger partial charge is 0.444 e. The van der Waals surface area contributed by atoms with E-state index in [2.05, 4.69) is 12.6 Å². The Balaban J connectivity index is 3.01. The van der Waals surface area contributed by atoms with Crippen LogP contribution in [-0.4, -0.2) is 34.5 Å². The summed E-state index contributed by atoms with van der Waals surface area (Å²) in [5, 5.41) is 9.19. The smallest absolute Gasteiger partial charge is 0.413 e. The fourth-order valence-corrected chi connectivity index (χ4v) is 1.89. The Morgan fingerprint density at radius 3 is 2.50 bits per heavy atom. The van der Waals surface area contributed by atoms with E-state index in [0.717, 1.165) is 0 Å². The molecule has 100 valence electrons. The second kappa shape index (κ2) is 4.62. The fraction of sp³-hybridized carbons (Fsp3) is 0.692. The Hall–Kier alpha value is -1.54. The molecule has 0 saturated carbocycles. The van der Waals surface area contributed by atoms with Gasteiger partial charge in [-0.2, -0.15) is 5.26 Å². The zero-order valence-electron chi connectivity index (χ0n) is 11.6. The molecule has 0 bridgehead atoms. The molecule has 0 spiro atoms. The molecule has 0 aromatic heterocycles. The van der Waals surface area contributed by atoms with Crippen molar-refractivity contribution in [3.63, 3.8) is 0 Å². The van der Waals surface area contributed by atoms with Crippen LogP contribution in [0.5, 0.6) is 0 Å². The molecule has 1 aliphatic heterocycles. The first-order valence-electron chi connectivity index (χ1n) is 5.84. The van der Waals surface area contributed by atoms with Gasteiger partial charge in [0.05, 0.1) is 6.07 Å². The van der Waals surface area contributed by atoms with Gasteiger partial charge in [0.1, 0.15) is 17.4 Å². The Morgan fingerprint density at radius 1 is 1.56 bits per heavy atom. The first kappa shape index (κ1) is 14.5. The molecular formula is C13H20N2O3. The van der Waals surface area contributed by atoms with Crippen molar-refractivity contribution >= 4 is 6.09 Å². The summed E-state index contributed by atoms with van der Waals surface area (Å²) in [6.07, 6.45) is 0.473. The number of ether oxygens (including phenoxy) is 2. The lowest BCUT2D eigenvalue weighted by Crippen LogP contribution is -2.49. The van der Waals surface area contributed by atoms with Crippen LogP contribution in [0.25, 0.3) is 0 Å². The van der Waals surface area contributed by atoms with Gasteiger partial charge in [-0.15, -0.1) is 6.58 Å². The highest BCUT2D eigenvalue weighted by molar-refractivity contribution is 5.70. The Morgan fingerprint density at radius 2 is 2.11 bits per heavy atom. The molecule has 1 aliphatic rings. The van der Waals surface area contributed by atoms with E-state index in [0.29, 0.717) is 0 Å². The molecule has 0 N–H and O–H groups in total. The normalized spacial score (nSPS) is 26.6. The third-order valence-corrected chi connectivity index (χ3v) is 2.55. The van der Waals surface area contributed by atoms with Crippen LogP contribution in [0.3, 0.4) is 0 Å². The number of amides is 1. The molecule has 0 radical (unpaired) electrons. The average Bonchev–Trinajstić information content (AvgIpc) is 2.45. The van der Waals surface area contributed by atoms with Crippen molar-refractivity contribution in [2.24, 2.45) is 0 Å². The monoisotopic (exact) mass is 252 g/mol. The SMILES string of the molecule is C=C[C@H]1OC(C)(C)N(C(=O)OC(C)(C)C)[C@H]1C#N. The molecule has 0 unspecified atom stereocenters. The number of carbonyl (C=O) groups excluding carboxylic acids is 1. The zero-order chi connectivity index (χ0) is 14.1. The molecule has 1 saturated heterocycles. The maximum Gasteiger partial charge on any atom is 0.413 e. The summed E-state index contributed by atoms with van der Waals surface area (Å²) in [5.74, 6) is 0. The van der Waals surface area contributed by atoms with E-state index in [-0.39, 0.29) is 0 Å². The van der Waals surface area contributed by atoms with Gasteiger partial charge in [0.25, 0.3) is 0 Å². The molecule has 1 heterocycles. The molecule has 5 heteroatoms. The maximum atomic E-state index is 12.1. The van der Waals surface area contributed by atoms with E-state index in [4.69, 9.17) is 9.47 Å². The van der Waals surface area contributed by atoms with Crippen LogP contribution >= 0.6 is 0 Å². The third kappa shape index (κ3) is 2.82. The van der Waals surface area contributed by atoms with E-state index in [1.807, 2.05) is 0 Å². The number of nitrogens with zero attached hydrogens (tertiary/aromatic N) is 2. The number of rotatable bonds is 1. The number of nitriles is 1. The van der Waals surface area contributed by atoms with Crippen LogP contribution in [0, 0.1) is 11.3 Å². The van der Waals surface area contributed by atoms with Gasteiger partial charge in [-0.1, -0.05) is 6.08 Å².